The minimum absolute atomic E-state index is 0.170. The fraction of sp³-hybridized carbons (Fsp3) is 0.636. The van der Waals surface area contributed by atoms with Crippen LogP contribution in [0.1, 0.15) is 57.7 Å². The van der Waals surface area contributed by atoms with Gasteiger partial charge in [-0.25, -0.2) is 0 Å². The molecule has 1 aromatic carbocycles. The molecule has 26 heavy (non-hydrogen) atoms. The SMILES string of the molecule is C=C.CB1C(C)B(C)N2c3c(C)cc(C)cc3C(C)(C)C2N1C.CCC. The number of benzene rings is 1. The zero-order valence-corrected chi connectivity index (χ0v) is 19.0. The second-order valence-electron chi connectivity index (χ2n) is 8.69. The first-order valence-corrected chi connectivity index (χ1v) is 10.2. The average Bonchev–Trinajstić information content (AvgIpc) is 2.82. The van der Waals surface area contributed by atoms with Crippen molar-refractivity contribution >= 4 is 19.4 Å². The Hall–Kier alpha value is -1.15. The molecule has 144 valence electrons. The van der Waals surface area contributed by atoms with Gasteiger partial charge in [0.1, 0.15) is 0 Å². The summed E-state index contributed by atoms with van der Waals surface area (Å²) in [5, 5.41) is 0. The molecule has 2 heterocycles. The van der Waals surface area contributed by atoms with E-state index >= 15 is 0 Å². The third-order valence-electron chi connectivity index (χ3n) is 6.29. The molecule has 0 aliphatic carbocycles. The number of likely N-dealkylation sites (N-methyl/N-ethyl adjacent to an activating group) is 1. The average molecular weight is 354 g/mol. The van der Waals surface area contributed by atoms with Crippen molar-refractivity contribution < 1.29 is 0 Å². The topological polar surface area (TPSA) is 6.48 Å². The Morgan fingerprint density at radius 2 is 1.58 bits per heavy atom. The Kier molecular flexibility index (Phi) is 7.65. The largest absolute Gasteiger partial charge is 0.401 e. The van der Waals surface area contributed by atoms with Crippen LogP contribution in [0, 0.1) is 13.8 Å². The molecule has 1 aromatic rings. The zero-order chi connectivity index (χ0) is 20.4. The Balaban J connectivity index is 0.000000615. The summed E-state index contributed by atoms with van der Waals surface area (Å²) in [7, 11) is 2.31. The van der Waals surface area contributed by atoms with Crippen LogP contribution in [0.5, 0.6) is 0 Å². The van der Waals surface area contributed by atoms with E-state index in [-0.39, 0.29) is 5.41 Å². The van der Waals surface area contributed by atoms with E-state index in [1.165, 1.54) is 28.8 Å². The summed E-state index contributed by atoms with van der Waals surface area (Å²) in [6.07, 6.45) is 1.72. The van der Waals surface area contributed by atoms with Crippen LogP contribution < -0.4 is 4.81 Å². The summed E-state index contributed by atoms with van der Waals surface area (Å²) < 4.78 is 0. The molecule has 2 nitrogen and oxygen atoms in total. The highest BCUT2D eigenvalue weighted by Crippen LogP contribution is 2.51. The monoisotopic (exact) mass is 354 g/mol. The molecular formula is C22H40B2N2. The first-order valence-electron chi connectivity index (χ1n) is 10.2. The molecule has 1 saturated heterocycles. The fourth-order valence-electron chi connectivity index (χ4n) is 4.78. The van der Waals surface area contributed by atoms with Gasteiger partial charge < -0.3 is 9.62 Å². The molecule has 2 unspecified atom stereocenters. The van der Waals surface area contributed by atoms with Crippen molar-refractivity contribution in [1.82, 2.24) is 4.81 Å². The molecule has 2 aliphatic rings. The van der Waals surface area contributed by atoms with Gasteiger partial charge in [0.25, 0.3) is 0 Å². The van der Waals surface area contributed by atoms with Gasteiger partial charge in [0.15, 0.2) is 0 Å². The van der Waals surface area contributed by atoms with Crippen LogP contribution in [0.3, 0.4) is 0 Å². The molecule has 1 fully saturated rings. The predicted molar refractivity (Wildman–Crippen MR) is 123 cm³/mol. The number of hydrogen-bond donors (Lipinski definition) is 0. The van der Waals surface area contributed by atoms with Gasteiger partial charge in [-0.3, -0.25) is 0 Å². The van der Waals surface area contributed by atoms with Gasteiger partial charge >= 0.3 is 0 Å². The third-order valence-corrected chi connectivity index (χ3v) is 6.29. The molecule has 0 aromatic heterocycles. The van der Waals surface area contributed by atoms with Crippen LogP contribution >= 0.6 is 0 Å². The molecule has 0 N–H and O–H groups in total. The second kappa shape index (κ2) is 8.69. The van der Waals surface area contributed by atoms with E-state index in [0.29, 0.717) is 25.6 Å². The van der Waals surface area contributed by atoms with Crippen LogP contribution in [0.2, 0.25) is 19.4 Å². The van der Waals surface area contributed by atoms with Crippen LogP contribution in [-0.2, 0) is 5.41 Å². The molecular weight excluding hydrogens is 314 g/mol. The molecule has 2 aliphatic heterocycles. The molecule has 0 radical (unpaired) electrons. The van der Waals surface area contributed by atoms with Gasteiger partial charge in [-0.2, -0.15) is 0 Å². The highest BCUT2D eigenvalue weighted by molar-refractivity contribution is 6.81. The molecule has 0 spiro atoms. The van der Waals surface area contributed by atoms with Crippen LogP contribution in [0.25, 0.3) is 0 Å². The van der Waals surface area contributed by atoms with E-state index in [0.717, 1.165) is 0 Å². The molecule has 0 bridgehead atoms. The lowest BCUT2D eigenvalue weighted by Gasteiger charge is -2.52. The first-order chi connectivity index (χ1) is 12.1. The van der Waals surface area contributed by atoms with Crippen molar-refractivity contribution in [1.29, 1.82) is 0 Å². The summed E-state index contributed by atoms with van der Waals surface area (Å²) in [6.45, 7) is 28.0. The van der Waals surface area contributed by atoms with E-state index < -0.39 is 0 Å². The number of rotatable bonds is 0. The molecule has 4 heteroatoms. The number of nitrogens with zero attached hydrogens (tertiary/aromatic N) is 2. The van der Waals surface area contributed by atoms with Crippen molar-refractivity contribution in [2.24, 2.45) is 0 Å². The summed E-state index contributed by atoms with van der Waals surface area (Å²) >= 11 is 0. The number of fused-ring (bicyclic) bond motifs is 3. The van der Waals surface area contributed by atoms with Gasteiger partial charge in [-0.05, 0) is 32.0 Å². The van der Waals surface area contributed by atoms with E-state index in [1.807, 2.05) is 0 Å². The van der Waals surface area contributed by atoms with Gasteiger partial charge in [0.2, 0.25) is 13.7 Å². The van der Waals surface area contributed by atoms with Gasteiger partial charge in [-0.1, -0.05) is 78.1 Å². The third kappa shape index (κ3) is 3.63. The summed E-state index contributed by atoms with van der Waals surface area (Å²) in [5.74, 6) is 0. The van der Waals surface area contributed by atoms with Gasteiger partial charge in [0.05, 0.1) is 6.17 Å². The highest BCUT2D eigenvalue weighted by Gasteiger charge is 2.55. The maximum Gasteiger partial charge on any atom is 0.250 e. The van der Waals surface area contributed by atoms with Crippen LogP contribution in [0.15, 0.2) is 25.3 Å². The molecule has 2 atom stereocenters. The summed E-state index contributed by atoms with van der Waals surface area (Å²) in [6, 6.07) is 4.75. The fourth-order valence-corrected chi connectivity index (χ4v) is 4.78. The number of anilines is 1. The lowest BCUT2D eigenvalue weighted by Crippen LogP contribution is -2.67. The zero-order valence-electron chi connectivity index (χ0n) is 19.0. The molecule has 0 saturated carbocycles. The van der Waals surface area contributed by atoms with Gasteiger partial charge in [0, 0.05) is 11.1 Å². The van der Waals surface area contributed by atoms with E-state index in [4.69, 9.17) is 0 Å². The highest BCUT2D eigenvalue weighted by atomic mass is 15.3. The van der Waals surface area contributed by atoms with Crippen molar-refractivity contribution in [2.75, 3.05) is 11.9 Å². The standard InChI is InChI=1S/C17H28B2N2.C3H8.C2H4/c1-11-9-12(2)15-14(10-11)17(4,5)16-20(8)18(6)13(3)19(7)21(15)16;1-3-2;1-2/h9-10,13,16H,1-8H3;3H2,1-2H3;1-2H2. The Labute approximate surface area is 164 Å². The summed E-state index contributed by atoms with van der Waals surface area (Å²) in [5.41, 5.74) is 6.69. The van der Waals surface area contributed by atoms with Crippen molar-refractivity contribution in [3.63, 3.8) is 0 Å². The van der Waals surface area contributed by atoms with E-state index in [1.54, 1.807) is 0 Å². The summed E-state index contributed by atoms with van der Waals surface area (Å²) in [4.78, 5) is 5.30. The lowest BCUT2D eigenvalue weighted by atomic mass is 9.30. The predicted octanol–water partition coefficient (Wildman–Crippen LogP) is 6.06. The Morgan fingerprint density at radius 1 is 1.08 bits per heavy atom. The van der Waals surface area contributed by atoms with Crippen molar-refractivity contribution in [2.45, 2.75) is 85.8 Å². The molecule has 0 amide bonds. The maximum absolute atomic E-state index is 3.00. The van der Waals surface area contributed by atoms with Crippen LogP contribution in [0.4, 0.5) is 5.69 Å². The first kappa shape index (κ1) is 22.9. The van der Waals surface area contributed by atoms with Gasteiger partial charge in [-0.15, -0.1) is 13.2 Å². The minimum atomic E-state index is 0.170. The number of aryl methyl sites for hydroxylation is 2. The quantitative estimate of drug-likeness (QED) is 0.413. The van der Waals surface area contributed by atoms with Crippen LogP contribution in [-0.4, -0.2) is 31.7 Å². The molecule has 3 rings (SSSR count). The normalized spacial score (nSPS) is 23.4. The van der Waals surface area contributed by atoms with Crippen molar-refractivity contribution in [3.8, 4) is 0 Å². The maximum atomic E-state index is 3.00. The minimum Gasteiger partial charge on any atom is -0.401 e. The van der Waals surface area contributed by atoms with E-state index in [2.05, 4.69) is 104 Å². The lowest BCUT2D eigenvalue weighted by molar-refractivity contribution is 0.274. The van der Waals surface area contributed by atoms with E-state index in [9.17, 15) is 0 Å². The Morgan fingerprint density at radius 3 is 2.08 bits per heavy atom. The van der Waals surface area contributed by atoms with Crippen molar-refractivity contribution in [3.05, 3.63) is 42.0 Å². The second-order valence-corrected chi connectivity index (χ2v) is 8.69. The number of hydrogen-bond acceptors (Lipinski definition) is 2. The smallest absolute Gasteiger partial charge is 0.250 e. The Bertz CT molecular complexity index is 614.